The number of benzene rings is 2. The second-order valence-electron chi connectivity index (χ2n) is 5.72. The highest BCUT2D eigenvalue weighted by Crippen LogP contribution is 2.29. The number of rotatable bonds is 7. The van der Waals surface area contributed by atoms with Crippen molar-refractivity contribution in [2.45, 2.75) is 13.5 Å². The van der Waals surface area contributed by atoms with E-state index in [-0.39, 0.29) is 12.5 Å². The molecule has 0 fully saturated rings. The van der Waals surface area contributed by atoms with Gasteiger partial charge in [0.2, 0.25) is 10.0 Å². The third kappa shape index (κ3) is 4.89. The van der Waals surface area contributed by atoms with Gasteiger partial charge in [-0.25, -0.2) is 8.42 Å². The van der Waals surface area contributed by atoms with Crippen LogP contribution in [0.5, 0.6) is 11.5 Å². The number of hydrogen-bond acceptors (Lipinski definition) is 5. The van der Waals surface area contributed by atoms with Gasteiger partial charge in [-0.1, -0.05) is 18.2 Å². The molecule has 8 heteroatoms. The summed E-state index contributed by atoms with van der Waals surface area (Å²) in [6, 6.07) is 10.1. The lowest BCUT2D eigenvalue weighted by atomic mass is 10.1. The van der Waals surface area contributed by atoms with Crippen LogP contribution in [0.15, 0.2) is 36.4 Å². The fourth-order valence-corrected chi connectivity index (χ4v) is 3.07. The van der Waals surface area contributed by atoms with Gasteiger partial charge in [0.25, 0.3) is 5.91 Å². The first-order valence-electron chi connectivity index (χ1n) is 7.81. The van der Waals surface area contributed by atoms with Crippen molar-refractivity contribution in [2.75, 3.05) is 25.2 Å². The van der Waals surface area contributed by atoms with Crippen LogP contribution < -0.4 is 19.5 Å². The second kappa shape index (κ2) is 8.09. The molecular formula is C18H22N2O5S. The van der Waals surface area contributed by atoms with E-state index in [1.807, 2.05) is 6.92 Å². The molecule has 2 rings (SSSR count). The standard InChI is InChI=1S/C18H22N2O5S/c1-12-16(24-2)9-14(10-17(12)25-3)18(21)19-11-13-7-5-6-8-15(13)20-26(4,22)23/h5-10,20H,11H2,1-4H3,(H,19,21). The minimum Gasteiger partial charge on any atom is -0.496 e. The normalized spacial score (nSPS) is 10.9. The van der Waals surface area contributed by atoms with Crippen LogP contribution in [0.25, 0.3) is 0 Å². The molecule has 7 nitrogen and oxygen atoms in total. The lowest BCUT2D eigenvalue weighted by Gasteiger charge is -2.14. The van der Waals surface area contributed by atoms with Crippen LogP contribution in [0.1, 0.15) is 21.5 Å². The summed E-state index contributed by atoms with van der Waals surface area (Å²) < 4.78 is 35.9. The Balaban J connectivity index is 2.20. The van der Waals surface area contributed by atoms with E-state index in [0.717, 1.165) is 11.8 Å². The van der Waals surface area contributed by atoms with Crippen LogP contribution in [0.2, 0.25) is 0 Å². The number of carbonyl (C=O) groups excluding carboxylic acids is 1. The van der Waals surface area contributed by atoms with Gasteiger partial charge in [-0.05, 0) is 30.7 Å². The first-order chi connectivity index (χ1) is 12.2. The first kappa shape index (κ1) is 19.6. The molecule has 2 aromatic carbocycles. The second-order valence-corrected chi connectivity index (χ2v) is 7.47. The molecule has 0 aliphatic heterocycles. The molecule has 0 heterocycles. The smallest absolute Gasteiger partial charge is 0.251 e. The number of methoxy groups -OCH3 is 2. The molecule has 0 unspecified atom stereocenters. The van der Waals surface area contributed by atoms with Crippen LogP contribution in [0.3, 0.4) is 0 Å². The molecule has 140 valence electrons. The summed E-state index contributed by atoms with van der Waals surface area (Å²) >= 11 is 0. The lowest BCUT2D eigenvalue weighted by molar-refractivity contribution is 0.0950. The Kier molecular flexibility index (Phi) is 6.10. The van der Waals surface area contributed by atoms with Gasteiger partial charge in [0.15, 0.2) is 0 Å². The average Bonchev–Trinajstić information content (AvgIpc) is 2.59. The van der Waals surface area contributed by atoms with Gasteiger partial charge >= 0.3 is 0 Å². The maximum Gasteiger partial charge on any atom is 0.251 e. The van der Waals surface area contributed by atoms with Crippen molar-refractivity contribution in [1.82, 2.24) is 5.32 Å². The number of sulfonamides is 1. The number of carbonyl (C=O) groups is 1. The molecule has 0 saturated carbocycles. The molecule has 0 bridgehead atoms. The van der Waals surface area contributed by atoms with Crippen molar-refractivity contribution in [2.24, 2.45) is 0 Å². The minimum atomic E-state index is -3.41. The fraction of sp³-hybridized carbons (Fsp3) is 0.278. The van der Waals surface area contributed by atoms with E-state index >= 15 is 0 Å². The number of amides is 1. The van der Waals surface area contributed by atoms with Crippen LogP contribution >= 0.6 is 0 Å². The number of ether oxygens (including phenoxy) is 2. The number of nitrogens with one attached hydrogen (secondary N) is 2. The monoisotopic (exact) mass is 378 g/mol. The van der Waals surface area contributed by atoms with Crippen LogP contribution in [0, 0.1) is 6.92 Å². The molecule has 0 radical (unpaired) electrons. The van der Waals surface area contributed by atoms with Crippen molar-refractivity contribution < 1.29 is 22.7 Å². The van der Waals surface area contributed by atoms with Gasteiger partial charge in [0.1, 0.15) is 11.5 Å². The summed E-state index contributed by atoms with van der Waals surface area (Å²) in [7, 11) is -0.360. The quantitative estimate of drug-likeness (QED) is 0.771. The van der Waals surface area contributed by atoms with E-state index in [4.69, 9.17) is 9.47 Å². The lowest BCUT2D eigenvalue weighted by Crippen LogP contribution is -2.24. The molecule has 0 spiro atoms. The van der Waals surface area contributed by atoms with Gasteiger partial charge in [-0.3, -0.25) is 9.52 Å². The summed E-state index contributed by atoms with van der Waals surface area (Å²) in [4.78, 5) is 12.5. The predicted molar refractivity (Wildman–Crippen MR) is 100 cm³/mol. The van der Waals surface area contributed by atoms with Gasteiger partial charge in [-0.15, -0.1) is 0 Å². The summed E-state index contributed by atoms with van der Waals surface area (Å²) in [6.07, 6.45) is 1.08. The Labute approximate surface area is 153 Å². The average molecular weight is 378 g/mol. The zero-order chi connectivity index (χ0) is 19.3. The maximum atomic E-state index is 12.5. The summed E-state index contributed by atoms with van der Waals surface area (Å²) in [6.45, 7) is 2.00. The molecular weight excluding hydrogens is 356 g/mol. The third-order valence-electron chi connectivity index (χ3n) is 3.77. The van der Waals surface area contributed by atoms with Crippen molar-refractivity contribution in [3.05, 3.63) is 53.1 Å². The van der Waals surface area contributed by atoms with Crippen LogP contribution in [-0.4, -0.2) is 34.8 Å². The van der Waals surface area contributed by atoms with Gasteiger partial charge in [0.05, 0.1) is 26.2 Å². The number of hydrogen-bond donors (Lipinski definition) is 2. The zero-order valence-corrected chi connectivity index (χ0v) is 15.9. The topological polar surface area (TPSA) is 93.7 Å². The van der Waals surface area contributed by atoms with E-state index < -0.39 is 10.0 Å². The van der Waals surface area contributed by atoms with E-state index in [2.05, 4.69) is 10.0 Å². The zero-order valence-electron chi connectivity index (χ0n) is 15.1. The molecule has 0 atom stereocenters. The molecule has 0 aliphatic rings. The Bertz CT molecular complexity index is 885. The molecule has 0 saturated heterocycles. The van der Waals surface area contributed by atoms with E-state index in [9.17, 15) is 13.2 Å². The predicted octanol–water partition coefficient (Wildman–Crippen LogP) is 2.31. The van der Waals surface area contributed by atoms with Crippen molar-refractivity contribution >= 4 is 21.6 Å². The maximum absolute atomic E-state index is 12.5. The molecule has 0 aromatic heterocycles. The summed E-state index contributed by atoms with van der Waals surface area (Å²) in [5.74, 6) is 0.776. The minimum absolute atomic E-state index is 0.163. The van der Waals surface area contributed by atoms with Gasteiger partial charge in [-0.2, -0.15) is 0 Å². The Morgan fingerprint density at radius 2 is 1.65 bits per heavy atom. The van der Waals surface area contributed by atoms with E-state index in [1.165, 1.54) is 14.2 Å². The fourth-order valence-electron chi connectivity index (χ4n) is 2.47. The van der Waals surface area contributed by atoms with Gasteiger partial charge < -0.3 is 14.8 Å². The third-order valence-corrected chi connectivity index (χ3v) is 4.36. The van der Waals surface area contributed by atoms with Crippen LogP contribution in [-0.2, 0) is 16.6 Å². The van der Waals surface area contributed by atoms with Crippen LogP contribution in [0.4, 0.5) is 5.69 Å². The van der Waals surface area contributed by atoms with E-state index in [1.54, 1.807) is 36.4 Å². The van der Waals surface area contributed by atoms with Crippen molar-refractivity contribution in [1.29, 1.82) is 0 Å². The largest absolute Gasteiger partial charge is 0.496 e. The van der Waals surface area contributed by atoms with Crippen molar-refractivity contribution in [3.8, 4) is 11.5 Å². The first-order valence-corrected chi connectivity index (χ1v) is 9.71. The Hall–Kier alpha value is -2.74. The SMILES string of the molecule is COc1cc(C(=O)NCc2ccccc2NS(C)(=O)=O)cc(OC)c1C. The molecule has 2 aromatic rings. The highest BCUT2D eigenvalue weighted by molar-refractivity contribution is 7.92. The molecule has 2 N–H and O–H groups in total. The number of para-hydroxylation sites is 1. The Morgan fingerprint density at radius 3 is 2.19 bits per heavy atom. The summed E-state index contributed by atoms with van der Waals surface area (Å²) in [5.41, 5.74) is 2.26. The highest BCUT2D eigenvalue weighted by atomic mass is 32.2. The highest BCUT2D eigenvalue weighted by Gasteiger charge is 2.14. The molecule has 26 heavy (non-hydrogen) atoms. The molecule has 1 amide bonds. The summed E-state index contributed by atoms with van der Waals surface area (Å²) in [5, 5.41) is 2.78. The van der Waals surface area contributed by atoms with E-state index in [0.29, 0.717) is 28.3 Å². The molecule has 0 aliphatic carbocycles. The Morgan fingerprint density at radius 1 is 1.08 bits per heavy atom. The van der Waals surface area contributed by atoms with Crippen molar-refractivity contribution in [3.63, 3.8) is 0 Å². The van der Waals surface area contributed by atoms with Gasteiger partial charge in [0, 0.05) is 17.7 Å². The number of anilines is 1.